The van der Waals surface area contributed by atoms with Gasteiger partial charge in [0.25, 0.3) is 0 Å². The van der Waals surface area contributed by atoms with Gasteiger partial charge in [-0.3, -0.25) is 0 Å². The lowest BCUT2D eigenvalue weighted by atomic mass is 9.99. The standard InChI is InChI=1S/C21H16ClN3/c1-12(21-24-18-4-2-3-5-19(18)25-21)13-6-8-15-16-11-14(22)7-9-17(16)23-20(15)10-13/h2-12,23H,1H3,(H,24,25)/t12-/m0/s1. The molecule has 0 saturated heterocycles. The average molecular weight is 346 g/mol. The Morgan fingerprint density at radius 1 is 0.840 bits per heavy atom. The molecule has 0 aliphatic heterocycles. The Kier molecular flexibility index (Phi) is 3.12. The van der Waals surface area contributed by atoms with Crippen LogP contribution in [0.15, 0.2) is 60.7 Å². The SMILES string of the molecule is C[C@@H](c1ccc2c(c1)[nH]c1ccc(Cl)cc12)c1nc2ccccc2[nH]1. The molecule has 3 aromatic carbocycles. The van der Waals surface area contributed by atoms with Crippen molar-refractivity contribution in [2.75, 3.05) is 0 Å². The van der Waals surface area contributed by atoms with E-state index in [-0.39, 0.29) is 5.92 Å². The van der Waals surface area contributed by atoms with E-state index < -0.39 is 0 Å². The van der Waals surface area contributed by atoms with E-state index in [0.717, 1.165) is 38.3 Å². The van der Waals surface area contributed by atoms with E-state index >= 15 is 0 Å². The summed E-state index contributed by atoms with van der Waals surface area (Å²) in [6.07, 6.45) is 0. The van der Waals surface area contributed by atoms with Gasteiger partial charge < -0.3 is 9.97 Å². The fourth-order valence-corrected chi connectivity index (χ4v) is 3.67. The fourth-order valence-electron chi connectivity index (χ4n) is 3.50. The maximum absolute atomic E-state index is 6.15. The predicted molar refractivity (Wildman–Crippen MR) is 104 cm³/mol. The fraction of sp³-hybridized carbons (Fsp3) is 0.0952. The van der Waals surface area contributed by atoms with Gasteiger partial charge in [-0.05, 0) is 42.0 Å². The Bertz CT molecular complexity index is 1200. The second-order valence-electron chi connectivity index (χ2n) is 6.48. The van der Waals surface area contributed by atoms with Crippen LogP contribution in [-0.4, -0.2) is 15.0 Å². The Labute approximate surface area is 149 Å². The summed E-state index contributed by atoms with van der Waals surface area (Å²) in [5.41, 5.74) is 5.53. The zero-order chi connectivity index (χ0) is 17.0. The van der Waals surface area contributed by atoms with Gasteiger partial charge >= 0.3 is 0 Å². The predicted octanol–water partition coefficient (Wildman–Crippen LogP) is 6.00. The molecule has 5 rings (SSSR count). The van der Waals surface area contributed by atoms with E-state index in [1.54, 1.807) is 0 Å². The number of rotatable bonds is 2. The van der Waals surface area contributed by atoms with Gasteiger partial charge in [-0.2, -0.15) is 0 Å². The minimum Gasteiger partial charge on any atom is -0.355 e. The number of aromatic nitrogens is 3. The molecule has 5 aromatic rings. The molecule has 0 aliphatic rings. The van der Waals surface area contributed by atoms with Crippen LogP contribution in [0.5, 0.6) is 0 Å². The van der Waals surface area contributed by atoms with E-state index in [1.807, 2.05) is 36.4 Å². The highest BCUT2D eigenvalue weighted by Crippen LogP contribution is 2.31. The lowest BCUT2D eigenvalue weighted by molar-refractivity contribution is 0.847. The molecule has 2 heterocycles. The minimum absolute atomic E-state index is 0.187. The van der Waals surface area contributed by atoms with Crippen molar-refractivity contribution in [1.82, 2.24) is 15.0 Å². The molecule has 0 amide bonds. The molecule has 0 bridgehead atoms. The minimum atomic E-state index is 0.187. The summed E-state index contributed by atoms with van der Waals surface area (Å²) in [6, 6.07) is 20.6. The molecule has 0 radical (unpaired) electrons. The van der Waals surface area contributed by atoms with Gasteiger partial charge in [0.2, 0.25) is 0 Å². The van der Waals surface area contributed by atoms with Crippen molar-refractivity contribution in [2.45, 2.75) is 12.8 Å². The van der Waals surface area contributed by atoms with Crippen LogP contribution in [0.2, 0.25) is 5.02 Å². The second-order valence-corrected chi connectivity index (χ2v) is 6.92. The lowest BCUT2D eigenvalue weighted by Crippen LogP contribution is -1.98. The van der Waals surface area contributed by atoms with E-state index in [2.05, 4.69) is 41.2 Å². The number of hydrogen-bond acceptors (Lipinski definition) is 1. The van der Waals surface area contributed by atoms with Crippen molar-refractivity contribution < 1.29 is 0 Å². The van der Waals surface area contributed by atoms with E-state index in [1.165, 1.54) is 10.9 Å². The molecule has 122 valence electrons. The normalized spacial score (nSPS) is 13.0. The number of para-hydroxylation sites is 2. The van der Waals surface area contributed by atoms with Gasteiger partial charge in [0, 0.05) is 32.7 Å². The van der Waals surface area contributed by atoms with Crippen molar-refractivity contribution in [3.8, 4) is 0 Å². The first-order valence-electron chi connectivity index (χ1n) is 8.34. The van der Waals surface area contributed by atoms with Crippen LogP contribution >= 0.6 is 11.6 Å². The zero-order valence-corrected chi connectivity index (χ0v) is 14.4. The first-order valence-corrected chi connectivity index (χ1v) is 8.72. The Morgan fingerprint density at radius 2 is 1.72 bits per heavy atom. The summed E-state index contributed by atoms with van der Waals surface area (Å²) >= 11 is 6.15. The molecule has 4 heteroatoms. The topological polar surface area (TPSA) is 44.5 Å². The maximum atomic E-state index is 6.15. The Hall–Kier alpha value is -2.78. The molecule has 0 fully saturated rings. The number of H-pyrrole nitrogens is 2. The highest BCUT2D eigenvalue weighted by Gasteiger charge is 2.14. The second kappa shape index (κ2) is 5.36. The third-order valence-corrected chi connectivity index (χ3v) is 5.14. The summed E-state index contributed by atoms with van der Waals surface area (Å²) in [4.78, 5) is 11.7. The molecule has 0 aliphatic carbocycles. The van der Waals surface area contributed by atoms with E-state index in [4.69, 9.17) is 16.6 Å². The van der Waals surface area contributed by atoms with Crippen LogP contribution in [0.25, 0.3) is 32.8 Å². The van der Waals surface area contributed by atoms with Crippen LogP contribution in [0, 0.1) is 0 Å². The summed E-state index contributed by atoms with van der Waals surface area (Å²) in [6.45, 7) is 2.18. The van der Waals surface area contributed by atoms with Crippen molar-refractivity contribution in [3.63, 3.8) is 0 Å². The molecule has 0 spiro atoms. The highest BCUT2D eigenvalue weighted by molar-refractivity contribution is 6.31. The smallest absolute Gasteiger partial charge is 0.114 e. The summed E-state index contributed by atoms with van der Waals surface area (Å²) in [7, 11) is 0. The number of halogens is 1. The molecule has 2 aromatic heterocycles. The molecule has 25 heavy (non-hydrogen) atoms. The summed E-state index contributed by atoms with van der Waals surface area (Å²) in [5, 5.41) is 3.11. The van der Waals surface area contributed by atoms with Gasteiger partial charge in [-0.1, -0.05) is 42.8 Å². The quantitative estimate of drug-likeness (QED) is 0.404. The van der Waals surface area contributed by atoms with Gasteiger partial charge in [-0.25, -0.2) is 4.98 Å². The van der Waals surface area contributed by atoms with Crippen molar-refractivity contribution in [1.29, 1.82) is 0 Å². The van der Waals surface area contributed by atoms with Crippen LogP contribution in [-0.2, 0) is 0 Å². The van der Waals surface area contributed by atoms with E-state index in [0.29, 0.717) is 0 Å². The first kappa shape index (κ1) is 14.6. The van der Waals surface area contributed by atoms with Gasteiger partial charge in [0.05, 0.1) is 11.0 Å². The molecule has 3 nitrogen and oxygen atoms in total. The Morgan fingerprint density at radius 3 is 2.60 bits per heavy atom. The molecule has 0 unspecified atom stereocenters. The van der Waals surface area contributed by atoms with Crippen molar-refractivity contribution in [2.24, 2.45) is 0 Å². The first-order chi connectivity index (χ1) is 12.2. The van der Waals surface area contributed by atoms with Crippen LogP contribution in [0.3, 0.4) is 0 Å². The van der Waals surface area contributed by atoms with Crippen molar-refractivity contribution in [3.05, 3.63) is 77.1 Å². The van der Waals surface area contributed by atoms with Gasteiger partial charge in [0.15, 0.2) is 0 Å². The molecular formula is C21H16ClN3. The maximum Gasteiger partial charge on any atom is 0.114 e. The van der Waals surface area contributed by atoms with E-state index in [9.17, 15) is 0 Å². The van der Waals surface area contributed by atoms with Crippen LogP contribution < -0.4 is 0 Å². The van der Waals surface area contributed by atoms with Gasteiger partial charge in [-0.15, -0.1) is 0 Å². The van der Waals surface area contributed by atoms with Crippen LogP contribution in [0.1, 0.15) is 24.2 Å². The molecular weight excluding hydrogens is 330 g/mol. The third-order valence-electron chi connectivity index (χ3n) is 4.90. The third kappa shape index (κ3) is 2.31. The van der Waals surface area contributed by atoms with Crippen LogP contribution in [0.4, 0.5) is 0 Å². The lowest BCUT2D eigenvalue weighted by Gasteiger charge is -2.09. The number of benzene rings is 3. The number of nitrogens with one attached hydrogen (secondary N) is 2. The number of hydrogen-bond donors (Lipinski definition) is 2. The number of fused-ring (bicyclic) bond motifs is 4. The van der Waals surface area contributed by atoms with Gasteiger partial charge in [0.1, 0.15) is 5.82 Å². The number of aromatic amines is 2. The number of imidazole rings is 1. The summed E-state index contributed by atoms with van der Waals surface area (Å²) in [5.74, 6) is 1.17. The zero-order valence-electron chi connectivity index (χ0n) is 13.7. The molecule has 2 N–H and O–H groups in total. The largest absolute Gasteiger partial charge is 0.355 e. The molecule has 1 atom stereocenters. The highest BCUT2D eigenvalue weighted by atomic mass is 35.5. The average Bonchev–Trinajstić information content (AvgIpc) is 3.21. The number of nitrogens with zero attached hydrogens (tertiary/aromatic N) is 1. The monoisotopic (exact) mass is 345 g/mol. The summed E-state index contributed by atoms with van der Waals surface area (Å²) < 4.78 is 0. The van der Waals surface area contributed by atoms with Crippen molar-refractivity contribution >= 4 is 44.4 Å². The Balaban J connectivity index is 1.63. The molecule has 0 saturated carbocycles.